The molecule has 0 aromatic carbocycles. The number of hydrogen-bond donors (Lipinski definition) is 20. The van der Waals surface area contributed by atoms with E-state index in [1.54, 1.807) is 13.8 Å². The maximum Gasteiger partial charge on any atom is 0.251 e. The van der Waals surface area contributed by atoms with Crippen LogP contribution in [-0.4, -0.2) is 322 Å². The maximum absolute atomic E-state index is 12.1. The Hall–Kier alpha value is -2.02. The third-order valence-corrected chi connectivity index (χ3v) is 9.55. The predicted octanol–water partition coefficient (Wildman–Crippen LogP) is -11.2. The van der Waals surface area contributed by atoms with E-state index in [0.29, 0.717) is 13.1 Å². The number of nitrogens with zero attached hydrogens (tertiary/aromatic N) is 2. The normalized spacial score (nSPS) is 26.7. The molecule has 2 aliphatic heterocycles. The summed E-state index contributed by atoms with van der Waals surface area (Å²) in [4.78, 5) is 28.1. The van der Waals surface area contributed by atoms with Gasteiger partial charge in [0.15, 0.2) is 24.8 Å². The summed E-state index contributed by atoms with van der Waals surface area (Å²) in [5.74, 6) is -1.85. The van der Waals surface area contributed by atoms with Gasteiger partial charge >= 0.3 is 0 Å². The highest BCUT2D eigenvalue weighted by molar-refractivity contribution is 5.81. The van der Waals surface area contributed by atoms with Gasteiger partial charge in [-0.25, -0.2) is 0 Å². The Morgan fingerprint density at radius 3 is 1.14 bits per heavy atom. The number of hydrogen-bond acceptors (Lipinski definition) is 26. The first kappa shape index (κ1) is 66.1. The second-order valence-corrected chi connectivity index (χ2v) is 15.1. The first-order valence-corrected chi connectivity index (χ1v) is 21.5. The monoisotopic (exact) mass is 979 g/mol. The van der Waals surface area contributed by atoms with Crippen LogP contribution in [0.3, 0.4) is 0 Å². The summed E-state index contributed by atoms with van der Waals surface area (Å²) < 4.78 is 20.5. The Kier molecular flexibility index (Phi) is 37.9. The number of aliphatic hydroxyl groups excluding tert-OH is 16. The molecule has 0 saturated carbocycles. The molecule has 0 radical (unpaired) electrons. The first-order valence-electron chi connectivity index (χ1n) is 21.5. The minimum absolute atomic E-state index is 0. The van der Waals surface area contributed by atoms with Crippen LogP contribution in [0.1, 0.15) is 16.7 Å². The highest BCUT2D eigenvalue weighted by atomic mass is 16.7. The molecular weight excluding hydrogens is 892 g/mol. The van der Waals surface area contributed by atoms with Gasteiger partial charge < -0.3 is 132 Å². The Morgan fingerprint density at radius 1 is 0.576 bits per heavy atom. The summed E-state index contributed by atoms with van der Waals surface area (Å²) in [7, 11) is 7.31. The molecule has 16 atom stereocenters. The Balaban J connectivity index is -0.000000525. The van der Waals surface area contributed by atoms with Gasteiger partial charge in [-0.1, -0.05) is 0 Å². The fourth-order valence-electron chi connectivity index (χ4n) is 5.56. The van der Waals surface area contributed by atoms with Crippen molar-refractivity contribution in [1.82, 2.24) is 31.1 Å². The Bertz CT molecular complexity index is 1140. The van der Waals surface area contributed by atoms with Gasteiger partial charge in [0.2, 0.25) is 0 Å². The van der Waals surface area contributed by atoms with E-state index in [1.165, 1.54) is 0 Å². The second kappa shape index (κ2) is 37.8. The van der Waals surface area contributed by atoms with E-state index in [-0.39, 0.29) is 29.2 Å². The molecule has 2 heterocycles. The lowest BCUT2D eigenvalue weighted by atomic mass is 10.0. The topological polar surface area (TPSA) is 449 Å². The van der Waals surface area contributed by atoms with E-state index in [0.717, 1.165) is 26.2 Å². The van der Waals surface area contributed by atoms with Gasteiger partial charge in [0, 0.05) is 68.4 Å². The summed E-state index contributed by atoms with van der Waals surface area (Å²) >= 11 is 0. The highest BCUT2D eigenvalue weighted by Gasteiger charge is 2.45. The Morgan fingerprint density at radius 2 is 0.864 bits per heavy atom. The number of amides is 2. The van der Waals surface area contributed by atoms with Crippen LogP contribution in [0.4, 0.5) is 0 Å². The van der Waals surface area contributed by atoms with Crippen LogP contribution in [0.25, 0.3) is 0 Å². The molecule has 2 fully saturated rings. The van der Waals surface area contributed by atoms with Crippen molar-refractivity contribution in [3.8, 4) is 0 Å². The minimum atomic E-state index is -2.02. The summed E-state index contributed by atoms with van der Waals surface area (Å²) in [6.07, 6.45) is -27.6. The van der Waals surface area contributed by atoms with Crippen molar-refractivity contribution in [2.75, 3.05) is 120 Å². The lowest BCUT2D eigenvalue weighted by Gasteiger charge is -2.39. The fraction of sp³-hybridized carbons (Fsp3) is 0.947. The van der Waals surface area contributed by atoms with Crippen molar-refractivity contribution in [1.29, 1.82) is 0 Å². The third kappa shape index (κ3) is 25.0. The minimum Gasteiger partial charge on any atom is -0.397 e. The molecule has 0 spiro atoms. The van der Waals surface area contributed by atoms with E-state index in [4.69, 9.17) is 29.2 Å². The third-order valence-electron chi connectivity index (χ3n) is 9.55. The molecule has 2 amide bonds. The SMILES string of the molecule is CCO.CCO.CNCCN(C)CCNC(=O)C(O)C(O)C(O[C@@H]1OC[C@H](O)[C@H](O)C1O)C(O)CO.CNCCN(C)CCNC(=O)C(O)C(O)C(O[C@@H]1OC[C@H](O)[C@H](O)C1O)C(O)CO.[HH].[HH]. The number of aliphatic hydroxyl groups is 16. The number of nitrogens with one attached hydrogen (secondary N) is 4. The van der Waals surface area contributed by atoms with Crippen LogP contribution in [0.2, 0.25) is 0 Å². The van der Waals surface area contributed by atoms with E-state index >= 15 is 0 Å². The number of likely N-dealkylation sites (N-methyl/N-ethyl adjacent to an activating group) is 4. The molecule has 2 rings (SSSR count). The number of rotatable bonds is 26. The van der Waals surface area contributed by atoms with Gasteiger partial charge in [-0.05, 0) is 42.0 Å². The van der Waals surface area contributed by atoms with Crippen molar-refractivity contribution < 1.29 is 113 Å². The molecule has 0 aromatic heterocycles. The van der Waals surface area contributed by atoms with Crippen LogP contribution in [-0.2, 0) is 28.5 Å². The lowest BCUT2D eigenvalue weighted by Crippen LogP contribution is -2.59. The van der Waals surface area contributed by atoms with Crippen molar-refractivity contribution in [3.05, 3.63) is 0 Å². The summed E-state index contributed by atoms with van der Waals surface area (Å²) in [5, 5.41) is 163. The zero-order valence-electron chi connectivity index (χ0n) is 38.6. The first-order chi connectivity index (χ1) is 31.1. The predicted molar refractivity (Wildman–Crippen MR) is 234 cm³/mol. The van der Waals surface area contributed by atoms with Crippen molar-refractivity contribution >= 4 is 11.8 Å². The van der Waals surface area contributed by atoms with Crippen molar-refractivity contribution in [3.63, 3.8) is 0 Å². The molecular formula is C38H86N6O22. The number of carbonyl (C=O) groups is 2. The average Bonchev–Trinajstić information content (AvgIpc) is 3.29. The van der Waals surface area contributed by atoms with Crippen molar-refractivity contribution in [2.45, 2.75) is 112 Å². The molecule has 400 valence electrons. The fourth-order valence-corrected chi connectivity index (χ4v) is 5.56. The molecule has 2 aliphatic rings. The molecule has 0 aromatic rings. The van der Waals surface area contributed by atoms with Gasteiger partial charge in [-0.2, -0.15) is 0 Å². The van der Waals surface area contributed by atoms with Gasteiger partial charge in [0.1, 0.15) is 73.2 Å². The van der Waals surface area contributed by atoms with Crippen LogP contribution < -0.4 is 21.3 Å². The smallest absolute Gasteiger partial charge is 0.251 e. The maximum atomic E-state index is 12.1. The summed E-state index contributed by atoms with van der Waals surface area (Å²) in [6, 6.07) is 0. The van der Waals surface area contributed by atoms with E-state index in [1.807, 2.05) is 38.0 Å². The molecule has 10 unspecified atom stereocenters. The van der Waals surface area contributed by atoms with Crippen molar-refractivity contribution in [2.24, 2.45) is 0 Å². The van der Waals surface area contributed by atoms with Crippen LogP contribution in [0.15, 0.2) is 0 Å². The zero-order chi connectivity index (χ0) is 51.1. The van der Waals surface area contributed by atoms with E-state index < -0.39 is 136 Å². The van der Waals surface area contributed by atoms with Gasteiger partial charge in [-0.15, -0.1) is 0 Å². The molecule has 0 bridgehead atoms. The molecule has 66 heavy (non-hydrogen) atoms. The van der Waals surface area contributed by atoms with Gasteiger partial charge in [0.05, 0.1) is 26.4 Å². The molecule has 2 saturated heterocycles. The number of carbonyl (C=O) groups excluding carboxylic acids is 2. The summed E-state index contributed by atoms with van der Waals surface area (Å²) in [6.45, 7) is 5.61. The van der Waals surface area contributed by atoms with E-state index in [9.17, 15) is 81.1 Å². The van der Waals surface area contributed by atoms with Gasteiger partial charge in [0.25, 0.3) is 11.8 Å². The lowest BCUT2D eigenvalue weighted by molar-refractivity contribution is -0.302. The molecule has 0 aliphatic carbocycles. The Labute approximate surface area is 387 Å². The second-order valence-electron chi connectivity index (χ2n) is 15.1. The molecule has 20 N–H and O–H groups in total. The standard InChI is InChI=1S/2C17H35N3O10.2C2H6O.2H2/c2*1-18-3-5-20(2)6-4-19-16(28)13(26)12(25)15(9(22)7-21)30-17-14(27)11(24)10(23)8-29-17;2*1-2-3;;/h2*9-15,17-18,21-27H,3-8H2,1-2H3,(H,19,28);2*3H,2H2,1H3;2*1H/t2*9?,10-,11-,12?,13?,14?,15?,17-;;;;/m00..../s1. The number of ether oxygens (including phenoxy) is 4. The highest BCUT2D eigenvalue weighted by Crippen LogP contribution is 2.23. The van der Waals surface area contributed by atoms with Crippen LogP contribution in [0, 0.1) is 0 Å². The summed E-state index contributed by atoms with van der Waals surface area (Å²) in [5.41, 5.74) is 0. The molecule has 28 nitrogen and oxygen atoms in total. The quantitative estimate of drug-likeness (QED) is 0.0383. The molecule has 28 heteroatoms. The van der Waals surface area contributed by atoms with E-state index in [2.05, 4.69) is 21.3 Å². The van der Waals surface area contributed by atoms with Gasteiger partial charge in [-0.3, -0.25) is 9.59 Å². The largest absolute Gasteiger partial charge is 0.397 e. The van der Waals surface area contributed by atoms with Crippen LogP contribution >= 0.6 is 0 Å². The van der Waals surface area contributed by atoms with Crippen LogP contribution in [0.5, 0.6) is 0 Å². The zero-order valence-corrected chi connectivity index (χ0v) is 38.6. The average molecular weight is 979 g/mol.